The smallest absolute Gasteiger partial charge is 0.287 e. The molecule has 4 aromatic rings. The summed E-state index contributed by atoms with van der Waals surface area (Å²) < 4.78 is 18.6. The molecule has 0 saturated heterocycles. The Balaban J connectivity index is 1.52. The van der Waals surface area contributed by atoms with Gasteiger partial charge in [-0.1, -0.05) is 12.1 Å². The van der Waals surface area contributed by atoms with Crippen molar-refractivity contribution in [1.29, 1.82) is 0 Å². The number of aromatic nitrogens is 2. The summed E-state index contributed by atoms with van der Waals surface area (Å²) in [6, 6.07) is 15.5. The number of benzene rings is 2. The molecule has 2 aromatic heterocycles. The van der Waals surface area contributed by atoms with E-state index in [0.29, 0.717) is 22.4 Å². The van der Waals surface area contributed by atoms with E-state index in [1.54, 1.807) is 42.5 Å². The fourth-order valence-electron chi connectivity index (χ4n) is 2.75. The minimum absolute atomic E-state index is 0.0727. The van der Waals surface area contributed by atoms with Gasteiger partial charge >= 0.3 is 0 Å². The Morgan fingerprint density at radius 1 is 1.04 bits per heavy atom. The minimum Gasteiger partial charge on any atom is -0.451 e. The molecule has 28 heavy (non-hydrogen) atoms. The Bertz CT molecular complexity index is 1220. The van der Waals surface area contributed by atoms with Crippen molar-refractivity contribution in [2.24, 2.45) is 0 Å². The first-order chi connectivity index (χ1) is 13.6. The molecule has 0 atom stereocenters. The lowest BCUT2D eigenvalue weighted by Gasteiger charge is -2.07. The van der Waals surface area contributed by atoms with E-state index in [4.69, 9.17) is 4.42 Å². The van der Waals surface area contributed by atoms with E-state index in [0.717, 1.165) is 5.56 Å². The zero-order valence-electron chi connectivity index (χ0n) is 14.6. The molecule has 0 aliphatic rings. The monoisotopic (exact) mass is 375 g/mol. The molecule has 0 fully saturated rings. The summed E-state index contributed by atoms with van der Waals surface area (Å²) >= 11 is 0. The van der Waals surface area contributed by atoms with Gasteiger partial charge in [-0.05, 0) is 42.5 Å². The predicted octanol–water partition coefficient (Wildman–Crippen LogP) is 3.32. The molecule has 1 amide bonds. The van der Waals surface area contributed by atoms with Crippen LogP contribution in [0.2, 0.25) is 0 Å². The van der Waals surface area contributed by atoms with Gasteiger partial charge in [-0.2, -0.15) is 0 Å². The van der Waals surface area contributed by atoms with Crippen LogP contribution in [0.4, 0.5) is 4.39 Å². The predicted molar refractivity (Wildman–Crippen MR) is 101 cm³/mol. The number of halogens is 1. The second-order valence-electron chi connectivity index (χ2n) is 6.06. The van der Waals surface area contributed by atoms with Gasteiger partial charge in [-0.15, -0.1) is 0 Å². The molecule has 0 unspecified atom stereocenters. The highest BCUT2D eigenvalue weighted by atomic mass is 19.1. The average molecular weight is 375 g/mol. The summed E-state index contributed by atoms with van der Waals surface area (Å²) in [5, 5.41) is 3.09. The largest absolute Gasteiger partial charge is 0.451 e. The van der Waals surface area contributed by atoms with Gasteiger partial charge in [0.2, 0.25) is 0 Å². The summed E-state index contributed by atoms with van der Waals surface area (Å²) in [6.07, 6.45) is 1.37. The average Bonchev–Trinajstić information content (AvgIpc) is 2.73. The molecule has 0 spiro atoms. The van der Waals surface area contributed by atoms with Crippen LogP contribution in [-0.4, -0.2) is 15.9 Å². The summed E-state index contributed by atoms with van der Waals surface area (Å²) in [5.41, 5.74) is 1.97. The standard InChI is InChI=1S/C21H14FN3O3/c22-14-7-5-13(6-8-14)17-9-15(24-12-25-17)11-23-21(27)20-10-18(26)16-3-1-2-4-19(16)28-20/h1-10,12H,11H2,(H,23,27). The van der Waals surface area contributed by atoms with Gasteiger partial charge in [-0.3, -0.25) is 9.59 Å². The molecule has 2 aromatic carbocycles. The van der Waals surface area contributed by atoms with Gasteiger partial charge in [0.25, 0.3) is 5.91 Å². The highest BCUT2D eigenvalue weighted by Crippen LogP contribution is 2.17. The highest BCUT2D eigenvalue weighted by molar-refractivity contribution is 5.93. The maximum atomic E-state index is 13.1. The second-order valence-corrected chi connectivity index (χ2v) is 6.06. The molecule has 4 rings (SSSR count). The molecule has 0 aliphatic carbocycles. The van der Waals surface area contributed by atoms with E-state index in [-0.39, 0.29) is 23.6 Å². The van der Waals surface area contributed by atoms with Gasteiger partial charge in [0, 0.05) is 11.6 Å². The van der Waals surface area contributed by atoms with Gasteiger partial charge in [-0.25, -0.2) is 14.4 Å². The molecular weight excluding hydrogens is 361 g/mol. The van der Waals surface area contributed by atoms with Crippen LogP contribution in [0, 0.1) is 5.82 Å². The quantitative estimate of drug-likeness (QED) is 0.591. The van der Waals surface area contributed by atoms with Crippen LogP contribution in [0.5, 0.6) is 0 Å². The molecule has 2 heterocycles. The number of fused-ring (bicyclic) bond motifs is 1. The maximum absolute atomic E-state index is 13.1. The van der Waals surface area contributed by atoms with Crippen LogP contribution in [0.1, 0.15) is 16.2 Å². The number of amides is 1. The lowest BCUT2D eigenvalue weighted by Crippen LogP contribution is -2.24. The summed E-state index contributed by atoms with van der Waals surface area (Å²) in [4.78, 5) is 32.8. The number of rotatable bonds is 4. The van der Waals surface area contributed by atoms with Crippen LogP contribution < -0.4 is 10.7 Å². The third kappa shape index (κ3) is 3.64. The van der Waals surface area contributed by atoms with Crippen molar-refractivity contribution in [3.8, 4) is 11.3 Å². The first-order valence-corrected chi connectivity index (χ1v) is 8.48. The van der Waals surface area contributed by atoms with Crippen molar-refractivity contribution in [3.63, 3.8) is 0 Å². The third-order valence-corrected chi connectivity index (χ3v) is 4.15. The van der Waals surface area contributed by atoms with Crippen LogP contribution >= 0.6 is 0 Å². The zero-order valence-corrected chi connectivity index (χ0v) is 14.6. The Morgan fingerprint density at radius 2 is 1.82 bits per heavy atom. The van der Waals surface area contributed by atoms with Crippen molar-refractivity contribution in [2.45, 2.75) is 6.54 Å². The van der Waals surface area contributed by atoms with E-state index in [9.17, 15) is 14.0 Å². The Morgan fingerprint density at radius 3 is 2.64 bits per heavy atom. The third-order valence-electron chi connectivity index (χ3n) is 4.15. The topological polar surface area (TPSA) is 85.1 Å². The van der Waals surface area contributed by atoms with Crippen molar-refractivity contribution < 1.29 is 13.6 Å². The van der Waals surface area contributed by atoms with Gasteiger partial charge in [0.1, 0.15) is 17.7 Å². The first kappa shape index (κ1) is 17.5. The lowest BCUT2D eigenvalue weighted by molar-refractivity contribution is 0.0923. The number of nitrogens with one attached hydrogen (secondary N) is 1. The fraction of sp³-hybridized carbons (Fsp3) is 0.0476. The maximum Gasteiger partial charge on any atom is 0.287 e. The number of hydrogen-bond acceptors (Lipinski definition) is 5. The number of carbonyl (C=O) groups is 1. The molecule has 0 aliphatic heterocycles. The van der Waals surface area contributed by atoms with Crippen molar-refractivity contribution >= 4 is 16.9 Å². The molecule has 0 saturated carbocycles. The van der Waals surface area contributed by atoms with E-state index >= 15 is 0 Å². The van der Waals surface area contributed by atoms with Crippen LogP contribution in [-0.2, 0) is 6.54 Å². The molecule has 1 N–H and O–H groups in total. The van der Waals surface area contributed by atoms with Crippen LogP contribution in [0.15, 0.2) is 76.2 Å². The Labute approximate surface area is 158 Å². The molecular formula is C21H14FN3O3. The molecule has 138 valence electrons. The number of hydrogen-bond donors (Lipinski definition) is 1. The SMILES string of the molecule is O=C(NCc1cc(-c2ccc(F)cc2)ncn1)c1cc(=O)c2ccccc2o1. The van der Waals surface area contributed by atoms with Crippen molar-refractivity contribution in [1.82, 2.24) is 15.3 Å². The van der Waals surface area contributed by atoms with Gasteiger partial charge < -0.3 is 9.73 Å². The van der Waals surface area contributed by atoms with Crippen LogP contribution in [0.3, 0.4) is 0 Å². The van der Waals surface area contributed by atoms with Crippen molar-refractivity contribution in [2.75, 3.05) is 0 Å². The van der Waals surface area contributed by atoms with Gasteiger partial charge in [0.05, 0.1) is 23.3 Å². The number of carbonyl (C=O) groups excluding carboxylic acids is 1. The Hall–Kier alpha value is -3.87. The molecule has 0 radical (unpaired) electrons. The summed E-state index contributed by atoms with van der Waals surface area (Å²) in [5.74, 6) is -0.927. The van der Waals surface area contributed by atoms with E-state index < -0.39 is 5.91 Å². The van der Waals surface area contributed by atoms with Gasteiger partial charge in [0.15, 0.2) is 11.2 Å². The summed E-state index contributed by atoms with van der Waals surface area (Å²) in [7, 11) is 0. The van der Waals surface area contributed by atoms with Crippen molar-refractivity contribution in [3.05, 3.63) is 94.5 Å². The second kappa shape index (κ2) is 7.40. The normalized spacial score (nSPS) is 10.8. The van der Waals surface area contributed by atoms with E-state index in [1.807, 2.05) is 0 Å². The first-order valence-electron chi connectivity index (χ1n) is 8.48. The van der Waals surface area contributed by atoms with Crippen LogP contribution in [0.25, 0.3) is 22.2 Å². The highest BCUT2D eigenvalue weighted by Gasteiger charge is 2.12. The molecule has 0 bridgehead atoms. The lowest BCUT2D eigenvalue weighted by atomic mass is 10.1. The zero-order chi connectivity index (χ0) is 19.5. The number of nitrogens with zero attached hydrogens (tertiary/aromatic N) is 2. The molecule has 7 heteroatoms. The van der Waals surface area contributed by atoms with E-state index in [1.165, 1.54) is 24.5 Å². The summed E-state index contributed by atoms with van der Waals surface area (Å²) in [6.45, 7) is 0.117. The molecule has 6 nitrogen and oxygen atoms in total. The van der Waals surface area contributed by atoms with E-state index in [2.05, 4.69) is 15.3 Å². The minimum atomic E-state index is -0.523. The fourth-order valence-corrected chi connectivity index (χ4v) is 2.75. The number of para-hydroxylation sites is 1. The Kier molecular flexibility index (Phi) is 4.63.